The van der Waals surface area contributed by atoms with Crippen molar-refractivity contribution >= 4 is 16.0 Å². The summed E-state index contributed by atoms with van der Waals surface area (Å²) in [7, 11) is -4.74. The van der Waals surface area contributed by atoms with Gasteiger partial charge in [-0.2, -0.15) is 8.42 Å². The quantitative estimate of drug-likeness (QED) is 0.568. The fourth-order valence-corrected chi connectivity index (χ4v) is 1.59. The Hall–Kier alpha value is -1.23. The molecule has 0 amide bonds. The van der Waals surface area contributed by atoms with Crippen LogP contribution in [0, 0.1) is 6.92 Å². The van der Waals surface area contributed by atoms with Crippen LogP contribution in [-0.2, 0) is 10.2 Å². The third-order valence-corrected chi connectivity index (χ3v) is 2.36. The molecule has 76 valence electrons. The molecule has 0 aromatic heterocycles. The van der Waals surface area contributed by atoms with Crippen LogP contribution in [0.5, 0.6) is 0 Å². The summed E-state index contributed by atoms with van der Waals surface area (Å²) in [5.41, 5.74) is 0.884. The van der Waals surface area contributed by atoms with Crippen molar-refractivity contribution in [2.45, 2.75) is 6.92 Å². The minimum absolute atomic E-state index is 0.244. The molecule has 0 saturated carbocycles. The van der Waals surface area contributed by atoms with Crippen LogP contribution in [0.2, 0.25) is 0 Å². The normalized spacial score (nSPS) is 11.3. The molecular formula is C9H9FO3S. The van der Waals surface area contributed by atoms with Crippen molar-refractivity contribution in [1.82, 2.24) is 0 Å². The third kappa shape index (κ3) is 2.92. The van der Waals surface area contributed by atoms with Crippen molar-refractivity contribution in [2.24, 2.45) is 0 Å². The zero-order valence-corrected chi connectivity index (χ0v) is 8.34. The van der Waals surface area contributed by atoms with Gasteiger partial charge in [0.1, 0.15) is 5.75 Å². The number of benzene rings is 1. The van der Waals surface area contributed by atoms with E-state index in [1.54, 1.807) is 25.1 Å². The second-order valence-electron chi connectivity index (χ2n) is 2.92. The summed E-state index contributed by atoms with van der Waals surface area (Å²) in [4.78, 5) is 11.3. The maximum absolute atomic E-state index is 12.2. The smallest absolute Gasteiger partial charge is 0.293 e. The van der Waals surface area contributed by atoms with Crippen LogP contribution < -0.4 is 0 Å². The summed E-state index contributed by atoms with van der Waals surface area (Å²) in [6.45, 7) is 1.66. The van der Waals surface area contributed by atoms with E-state index in [-0.39, 0.29) is 5.56 Å². The molecule has 0 radical (unpaired) electrons. The largest absolute Gasteiger partial charge is 0.309 e. The van der Waals surface area contributed by atoms with Crippen LogP contribution in [0.25, 0.3) is 0 Å². The first-order chi connectivity index (χ1) is 6.40. The lowest BCUT2D eigenvalue weighted by molar-refractivity contribution is 0.101. The first kappa shape index (κ1) is 10.8. The number of carbonyl (C=O) groups excluding carboxylic acids is 1. The van der Waals surface area contributed by atoms with Crippen molar-refractivity contribution in [3.8, 4) is 0 Å². The van der Waals surface area contributed by atoms with Crippen LogP contribution in [0.1, 0.15) is 15.9 Å². The summed E-state index contributed by atoms with van der Waals surface area (Å²) < 4.78 is 32.7. The lowest BCUT2D eigenvalue weighted by Gasteiger charge is -2.01. The van der Waals surface area contributed by atoms with Gasteiger partial charge in [0, 0.05) is 5.56 Å². The van der Waals surface area contributed by atoms with E-state index >= 15 is 0 Å². The Morgan fingerprint density at radius 2 is 1.93 bits per heavy atom. The molecule has 5 heteroatoms. The topological polar surface area (TPSA) is 51.2 Å². The molecule has 0 aliphatic rings. The summed E-state index contributed by atoms with van der Waals surface area (Å²) in [6.07, 6.45) is 0. The Morgan fingerprint density at radius 1 is 1.36 bits per heavy atom. The molecule has 0 spiro atoms. The van der Waals surface area contributed by atoms with Crippen LogP contribution in [0.4, 0.5) is 3.89 Å². The highest BCUT2D eigenvalue weighted by atomic mass is 32.3. The highest BCUT2D eigenvalue weighted by molar-refractivity contribution is 7.87. The van der Waals surface area contributed by atoms with Crippen LogP contribution in [0.15, 0.2) is 24.3 Å². The minimum Gasteiger partial charge on any atom is -0.293 e. The molecule has 0 bridgehead atoms. The van der Waals surface area contributed by atoms with Crippen molar-refractivity contribution < 1.29 is 17.1 Å². The Bertz CT molecular complexity index is 451. The molecule has 0 saturated heterocycles. The molecule has 0 aliphatic heterocycles. The first-order valence-corrected chi connectivity index (χ1v) is 5.46. The lowest BCUT2D eigenvalue weighted by atomic mass is 10.1. The molecular weight excluding hydrogens is 207 g/mol. The fraction of sp³-hybridized carbons (Fsp3) is 0.222. The van der Waals surface area contributed by atoms with Gasteiger partial charge in [0.05, 0.1) is 0 Å². The molecule has 0 N–H and O–H groups in total. The van der Waals surface area contributed by atoms with Gasteiger partial charge < -0.3 is 0 Å². The zero-order valence-electron chi connectivity index (χ0n) is 7.53. The molecule has 0 atom stereocenters. The first-order valence-electron chi connectivity index (χ1n) is 3.91. The van der Waals surface area contributed by atoms with E-state index in [9.17, 15) is 17.1 Å². The van der Waals surface area contributed by atoms with Gasteiger partial charge in [0.15, 0.2) is 5.78 Å². The molecule has 0 unspecified atom stereocenters. The van der Waals surface area contributed by atoms with Crippen LogP contribution >= 0.6 is 0 Å². The predicted molar refractivity (Wildman–Crippen MR) is 50.4 cm³/mol. The average Bonchev–Trinajstić information content (AvgIpc) is 2.01. The highest BCUT2D eigenvalue weighted by Gasteiger charge is 2.17. The highest BCUT2D eigenvalue weighted by Crippen LogP contribution is 2.09. The van der Waals surface area contributed by atoms with Gasteiger partial charge in [-0.3, -0.25) is 4.79 Å². The Balaban J connectivity index is 2.97. The molecule has 3 nitrogen and oxygen atoms in total. The van der Waals surface area contributed by atoms with Gasteiger partial charge >= 0.3 is 10.2 Å². The number of Topliss-reactive ketones (excluding diaryl/α,β-unsaturated/α-hetero) is 1. The van der Waals surface area contributed by atoms with Gasteiger partial charge in [0.25, 0.3) is 0 Å². The van der Waals surface area contributed by atoms with E-state index in [0.29, 0.717) is 5.56 Å². The maximum atomic E-state index is 12.2. The second kappa shape index (κ2) is 3.88. The van der Waals surface area contributed by atoms with E-state index in [1.807, 2.05) is 0 Å². The molecule has 0 fully saturated rings. The Labute approximate surface area is 81.8 Å². The van der Waals surface area contributed by atoms with Gasteiger partial charge in [-0.1, -0.05) is 24.3 Å². The number of carbonyl (C=O) groups is 1. The number of aryl methyl sites for hydroxylation is 1. The van der Waals surface area contributed by atoms with Crippen LogP contribution in [0.3, 0.4) is 0 Å². The number of hydrogen-bond donors (Lipinski definition) is 0. The molecule has 14 heavy (non-hydrogen) atoms. The summed E-state index contributed by atoms with van der Waals surface area (Å²) in [6, 6.07) is 6.46. The summed E-state index contributed by atoms with van der Waals surface area (Å²) in [5, 5.41) is 0. The van der Waals surface area contributed by atoms with Crippen molar-refractivity contribution in [1.29, 1.82) is 0 Å². The van der Waals surface area contributed by atoms with E-state index in [1.165, 1.54) is 6.07 Å². The summed E-state index contributed by atoms with van der Waals surface area (Å²) in [5.74, 6) is -1.80. The molecule has 1 aromatic carbocycles. The van der Waals surface area contributed by atoms with Gasteiger partial charge in [-0.15, -0.1) is 3.89 Å². The predicted octanol–water partition coefficient (Wildman–Crippen LogP) is 1.48. The molecule has 0 heterocycles. The van der Waals surface area contributed by atoms with E-state index in [2.05, 4.69) is 0 Å². The minimum atomic E-state index is -4.74. The third-order valence-electron chi connectivity index (χ3n) is 1.75. The molecule has 0 aliphatic carbocycles. The van der Waals surface area contributed by atoms with Gasteiger partial charge in [-0.05, 0) is 12.5 Å². The second-order valence-corrected chi connectivity index (χ2v) is 4.29. The Kier molecular flexibility index (Phi) is 3.00. The number of halogens is 1. The van der Waals surface area contributed by atoms with E-state index in [0.717, 1.165) is 0 Å². The fourth-order valence-electron chi connectivity index (χ4n) is 1.12. The van der Waals surface area contributed by atoms with Gasteiger partial charge in [-0.25, -0.2) is 0 Å². The van der Waals surface area contributed by atoms with Crippen LogP contribution in [-0.4, -0.2) is 20.0 Å². The van der Waals surface area contributed by atoms with Crippen molar-refractivity contribution in [3.05, 3.63) is 35.4 Å². The number of ketones is 1. The number of rotatable bonds is 3. The SMILES string of the molecule is Cc1ccccc1C(=O)CS(=O)(=O)F. The zero-order chi connectivity index (χ0) is 10.8. The van der Waals surface area contributed by atoms with Crippen molar-refractivity contribution in [3.63, 3.8) is 0 Å². The monoisotopic (exact) mass is 216 g/mol. The maximum Gasteiger partial charge on any atom is 0.309 e. The Morgan fingerprint density at radius 3 is 2.43 bits per heavy atom. The van der Waals surface area contributed by atoms with E-state index < -0.39 is 21.8 Å². The lowest BCUT2D eigenvalue weighted by Crippen LogP contribution is -2.13. The molecule has 1 aromatic rings. The average molecular weight is 216 g/mol. The van der Waals surface area contributed by atoms with E-state index in [4.69, 9.17) is 0 Å². The van der Waals surface area contributed by atoms with Crippen molar-refractivity contribution in [2.75, 3.05) is 5.75 Å². The number of hydrogen-bond acceptors (Lipinski definition) is 3. The molecule has 1 rings (SSSR count). The standard InChI is InChI=1S/C9H9FO3S/c1-7-4-2-3-5-8(7)9(11)6-14(10,12)13/h2-5H,6H2,1H3. The van der Waals surface area contributed by atoms with Gasteiger partial charge in [0.2, 0.25) is 0 Å². The summed E-state index contributed by atoms with van der Waals surface area (Å²) >= 11 is 0.